The van der Waals surface area contributed by atoms with Crippen molar-refractivity contribution in [3.63, 3.8) is 0 Å². The maximum absolute atomic E-state index is 5.80. The van der Waals surface area contributed by atoms with E-state index < -0.39 is 0 Å². The highest BCUT2D eigenvalue weighted by atomic mass is 15.1. The molecular formula is C12H20N4. The van der Waals surface area contributed by atoms with E-state index in [9.17, 15) is 0 Å². The van der Waals surface area contributed by atoms with Crippen LogP contribution < -0.4 is 11.1 Å². The zero-order valence-electron chi connectivity index (χ0n) is 9.65. The number of piperidine rings is 1. The summed E-state index contributed by atoms with van der Waals surface area (Å²) in [7, 11) is 0. The average Bonchev–Trinajstić information content (AvgIpc) is 2.33. The van der Waals surface area contributed by atoms with Crippen molar-refractivity contribution >= 4 is 11.4 Å². The van der Waals surface area contributed by atoms with Crippen molar-refractivity contribution in [2.75, 3.05) is 37.2 Å². The predicted octanol–water partition coefficient (Wildman–Crippen LogP) is 1.56. The third-order valence-corrected chi connectivity index (χ3v) is 3.04. The molecule has 0 aliphatic carbocycles. The number of likely N-dealkylation sites (tertiary alicyclic amines) is 1. The van der Waals surface area contributed by atoms with Gasteiger partial charge in [0.1, 0.15) is 0 Å². The Labute approximate surface area is 96.8 Å². The Balaban J connectivity index is 1.73. The lowest BCUT2D eigenvalue weighted by Gasteiger charge is -2.26. The zero-order chi connectivity index (χ0) is 11.2. The lowest BCUT2D eigenvalue weighted by Crippen LogP contribution is -2.33. The molecule has 4 heteroatoms. The van der Waals surface area contributed by atoms with Crippen LogP contribution in [0, 0.1) is 0 Å². The van der Waals surface area contributed by atoms with Crippen molar-refractivity contribution in [3.8, 4) is 0 Å². The number of nitrogens with two attached hydrogens (primary N) is 1. The second-order valence-electron chi connectivity index (χ2n) is 4.29. The number of hydrogen-bond acceptors (Lipinski definition) is 4. The molecule has 1 fully saturated rings. The van der Waals surface area contributed by atoms with Crippen LogP contribution in [0.15, 0.2) is 18.5 Å². The normalized spacial score (nSPS) is 17.2. The van der Waals surface area contributed by atoms with Gasteiger partial charge in [0.15, 0.2) is 0 Å². The highest BCUT2D eigenvalue weighted by molar-refractivity contribution is 5.64. The van der Waals surface area contributed by atoms with Crippen LogP contribution in [0.4, 0.5) is 11.4 Å². The van der Waals surface area contributed by atoms with E-state index in [2.05, 4.69) is 15.2 Å². The second kappa shape index (κ2) is 5.70. The van der Waals surface area contributed by atoms with Crippen molar-refractivity contribution in [1.82, 2.24) is 9.88 Å². The SMILES string of the molecule is Nc1cnccc1NCCN1CCCCC1. The second-order valence-corrected chi connectivity index (χ2v) is 4.29. The van der Waals surface area contributed by atoms with Gasteiger partial charge in [-0.1, -0.05) is 6.42 Å². The number of rotatable bonds is 4. The van der Waals surface area contributed by atoms with Crippen molar-refractivity contribution in [2.24, 2.45) is 0 Å². The monoisotopic (exact) mass is 220 g/mol. The van der Waals surface area contributed by atoms with E-state index in [4.69, 9.17) is 5.73 Å². The Morgan fingerprint density at radius 3 is 2.88 bits per heavy atom. The van der Waals surface area contributed by atoms with E-state index in [1.54, 1.807) is 12.4 Å². The molecule has 16 heavy (non-hydrogen) atoms. The number of nitrogens with one attached hydrogen (secondary N) is 1. The average molecular weight is 220 g/mol. The number of hydrogen-bond donors (Lipinski definition) is 2. The van der Waals surface area contributed by atoms with Crippen LogP contribution in [0.25, 0.3) is 0 Å². The molecule has 0 spiro atoms. The maximum Gasteiger partial charge on any atom is 0.0736 e. The summed E-state index contributed by atoms with van der Waals surface area (Å²) < 4.78 is 0. The molecule has 2 rings (SSSR count). The summed E-state index contributed by atoms with van der Waals surface area (Å²) in [5.41, 5.74) is 7.52. The largest absolute Gasteiger partial charge is 0.396 e. The third kappa shape index (κ3) is 3.10. The van der Waals surface area contributed by atoms with E-state index in [0.29, 0.717) is 0 Å². The number of anilines is 2. The van der Waals surface area contributed by atoms with Gasteiger partial charge in [0.05, 0.1) is 17.6 Å². The highest BCUT2D eigenvalue weighted by Gasteiger charge is 2.08. The number of aromatic nitrogens is 1. The lowest BCUT2D eigenvalue weighted by atomic mass is 10.1. The van der Waals surface area contributed by atoms with Gasteiger partial charge in [-0.25, -0.2) is 0 Å². The van der Waals surface area contributed by atoms with E-state index in [-0.39, 0.29) is 0 Å². The van der Waals surface area contributed by atoms with E-state index in [1.807, 2.05) is 6.07 Å². The molecule has 0 radical (unpaired) electrons. The van der Waals surface area contributed by atoms with E-state index >= 15 is 0 Å². The van der Waals surface area contributed by atoms with Gasteiger partial charge in [0, 0.05) is 19.3 Å². The number of nitrogens with zero attached hydrogens (tertiary/aromatic N) is 2. The van der Waals surface area contributed by atoms with Crippen LogP contribution in [0.2, 0.25) is 0 Å². The summed E-state index contributed by atoms with van der Waals surface area (Å²) in [6.07, 6.45) is 7.53. The minimum Gasteiger partial charge on any atom is -0.396 e. The molecule has 0 bridgehead atoms. The fraction of sp³-hybridized carbons (Fsp3) is 0.583. The summed E-state index contributed by atoms with van der Waals surface area (Å²) in [6, 6.07) is 1.92. The molecule has 0 atom stereocenters. The summed E-state index contributed by atoms with van der Waals surface area (Å²) in [6.45, 7) is 4.54. The molecule has 1 aromatic rings. The van der Waals surface area contributed by atoms with Crippen molar-refractivity contribution < 1.29 is 0 Å². The summed E-state index contributed by atoms with van der Waals surface area (Å²) in [4.78, 5) is 6.48. The van der Waals surface area contributed by atoms with Crippen LogP contribution in [0.3, 0.4) is 0 Å². The van der Waals surface area contributed by atoms with Gasteiger partial charge in [0.2, 0.25) is 0 Å². The predicted molar refractivity (Wildman–Crippen MR) is 67.4 cm³/mol. The molecule has 0 aromatic carbocycles. The first-order valence-corrected chi connectivity index (χ1v) is 6.02. The molecule has 2 heterocycles. The molecule has 1 saturated heterocycles. The molecule has 88 valence electrons. The quantitative estimate of drug-likeness (QED) is 0.808. The van der Waals surface area contributed by atoms with E-state index in [0.717, 1.165) is 24.5 Å². The fourth-order valence-corrected chi connectivity index (χ4v) is 2.10. The molecule has 1 aromatic heterocycles. The Bertz CT molecular complexity index is 321. The summed E-state index contributed by atoms with van der Waals surface area (Å²) in [5.74, 6) is 0. The van der Waals surface area contributed by atoms with E-state index in [1.165, 1.54) is 32.4 Å². The Morgan fingerprint density at radius 1 is 1.31 bits per heavy atom. The summed E-state index contributed by atoms with van der Waals surface area (Å²) >= 11 is 0. The van der Waals surface area contributed by atoms with Crippen LogP contribution in [0.5, 0.6) is 0 Å². The first-order chi connectivity index (χ1) is 7.86. The molecule has 1 aliphatic heterocycles. The topological polar surface area (TPSA) is 54.2 Å². The van der Waals surface area contributed by atoms with Gasteiger partial charge < -0.3 is 16.0 Å². The first-order valence-electron chi connectivity index (χ1n) is 6.02. The molecule has 0 unspecified atom stereocenters. The smallest absolute Gasteiger partial charge is 0.0736 e. The number of nitrogen functional groups attached to an aromatic ring is 1. The zero-order valence-corrected chi connectivity index (χ0v) is 9.65. The number of pyridine rings is 1. The van der Waals surface area contributed by atoms with Gasteiger partial charge in [-0.05, 0) is 32.0 Å². The lowest BCUT2D eigenvalue weighted by molar-refractivity contribution is 0.237. The van der Waals surface area contributed by atoms with Crippen molar-refractivity contribution in [3.05, 3.63) is 18.5 Å². The Morgan fingerprint density at radius 2 is 2.12 bits per heavy atom. The van der Waals surface area contributed by atoms with Gasteiger partial charge >= 0.3 is 0 Å². The highest BCUT2D eigenvalue weighted by Crippen LogP contribution is 2.14. The van der Waals surface area contributed by atoms with Gasteiger partial charge in [0.25, 0.3) is 0 Å². The van der Waals surface area contributed by atoms with Crippen LogP contribution in [-0.4, -0.2) is 36.1 Å². The van der Waals surface area contributed by atoms with Crippen LogP contribution in [0.1, 0.15) is 19.3 Å². The fourth-order valence-electron chi connectivity index (χ4n) is 2.10. The maximum atomic E-state index is 5.80. The van der Waals surface area contributed by atoms with Gasteiger partial charge in [-0.3, -0.25) is 4.98 Å². The molecule has 3 N–H and O–H groups in total. The molecule has 0 saturated carbocycles. The minimum atomic E-state index is 0.723. The molecule has 4 nitrogen and oxygen atoms in total. The minimum absolute atomic E-state index is 0.723. The first kappa shape index (κ1) is 11.2. The third-order valence-electron chi connectivity index (χ3n) is 3.04. The molecular weight excluding hydrogens is 200 g/mol. The van der Waals surface area contributed by atoms with Gasteiger partial charge in [-0.15, -0.1) is 0 Å². The van der Waals surface area contributed by atoms with Crippen LogP contribution >= 0.6 is 0 Å². The van der Waals surface area contributed by atoms with Gasteiger partial charge in [-0.2, -0.15) is 0 Å². The standard InChI is InChI=1S/C12H20N4/c13-11-10-14-5-4-12(11)15-6-9-16-7-2-1-3-8-16/h4-5,10H,1-3,6-9,13H2,(H,14,15). The van der Waals surface area contributed by atoms with Crippen molar-refractivity contribution in [2.45, 2.75) is 19.3 Å². The van der Waals surface area contributed by atoms with Crippen LogP contribution in [-0.2, 0) is 0 Å². The van der Waals surface area contributed by atoms with Crippen molar-refractivity contribution in [1.29, 1.82) is 0 Å². The Hall–Kier alpha value is -1.29. The molecule has 0 amide bonds. The summed E-state index contributed by atoms with van der Waals surface area (Å²) in [5, 5.41) is 3.35. The molecule has 1 aliphatic rings. The Kier molecular flexibility index (Phi) is 3.99.